The predicted molar refractivity (Wildman–Crippen MR) is 40.1 cm³/mol. The zero-order valence-corrected chi connectivity index (χ0v) is 6.17. The monoisotopic (exact) mass is 181 g/mol. The molecular weight excluding hydrogens is 178 g/mol. The smallest absolute Gasteiger partial charge is 0.342 e. The summed E-state index contributed by atoms with van der Waals surface area (Å²) in [6.07, 6.45) is 0. The SMILES string of the molecule is O=[N+]([O-])c1c(O)ccc2onnc12. The lowest BCUT2D eigenvalue weighted by Crippen LogP contribution is -1.89. The molecule has 0 spiro atoms. The zero-order chi connectivity index (χ0) is 9.42. The van der Waals surface area contributed by atoms with Crippen LogP contribution in [0.3, 0.4) is 0 Å². The Bertz CT molecular complexity index is 478. The number of nitrogens with zero attached hydrogens (tertiary/aromatic N) is 3. The van der Waals surface area contributed by atoms with Gasteiger partial charge in [-0.2, -0.15) is 0 Å². The summed E-state index contributed by atoms with van der Waals surface area (Å²) < 4.78 is 4.59. The Kier molecular flexibility index (Phi) is 1.38. The van der Waals surface area contributed by atoms with Crippen LogP contribution in [0.1, 0.15) is 0 Å². The maximum absolute atomic E-state index is 10.5. The number of aromatic nitrogens is 2. The number of phenolic OH excluding ortho intramolecular Hbond substituents is 1. The third kappa shape index (κ3) is 0.975. The number of nitro benzene ring substituents is 1. The van der Waals surface area contributed by atoms with Gasteiger partial charge in [0.2, 0.25) is 5.52 Å². The van der Waals surface area contributed by atoms with Gasteiger partial charge in [0.25, 0.3) is 0 Å². The zero-order valence-electron chi connectivity index (χ0n) is 6.17. The van der Waals surface area contributed by atoms with Crippen molar-refractivity contribution in [2.24, 2.45) is 0 Å². The van der Waals surface area contributed by atoms with Crippen LogP contribution in [-0.2, 0) is 0 Å². The van der Waals surface area contributed by atoms with Crippen LogP contribution in [0, 0.1) is 10.1 Å². The van der Waals surface area contributed by atoms with E-state index in [1.807, 2.05) is 0 Å². The highest BCUT2D eigenvalue weighted by Gasteiger charge is 2.21. The van der Waals surface area contributed by atoms with Crippen LogP contribution in [0.2, 0.25) is 0 Å². The third-order valence-electron chi connectivity index (χ3n) is 1.56. The molecule has 0 aliphatic heterocycles. The summed E-state index contributed by atoms with van der Waals surface area (Å²) in [7, 11) is 0. The lowest BCUT2D eigenvalue weighted by molar-refractivity contribution is -0.384. The van der Waals surface area contributed by atoms with Gasteiger partial charge in [-0.25, -0.2) is 0 Å². The molecule has 66 valence electrons. The van der Waals surface area contributed by atoms with Crippen LogP contribution >= 0.6 is 0 Å². The van der Waals surface area contributed by atoms with Gasteiger partial charge in [0.15, 0.2) is 11.3 Å². The summed E-state index contributed by atoms with van der Waals surface area (Å²) in [6.45, 7) is 0. The molecule has 0 unspecified atom stereocenters. The van der Waals surface area contributed by atoms with Crippen LogP contribution in [-0.4, -0.2) is 20.4 Å². The van der Waals surface area contributed by atoms with E-state index in [1.165, 1.54) is 6.07 Å². The molecule has 2 aromatic rings. The number of phenols is 1. The maximum atomic E-state index is 10.5. The second kappa shape index (κ2) is 2.41. The van der Waals surface area contributed by atoms with Crippen LogP contribution < -0.4 is 0 Å². The Morgan fingerprint density at radius 2 is 2.31 bits per heavy atom. The molecule has 0 amide bonds. The van der Waals surface area contributed by atoms with E-state index in [9.17, 15) is 10.1 Å². The molecule has 1 aromatic carbocycles. The van der Waals surface area contributed by atoms with Crippen molar-refractivity contribution in [2.45, 2.75) is 0 Å². The first-order valence-electron chi connectivity index (χ1n) is 3.28. The predicted octanol–water partition coefficient (Wildman–Crippen LogP) is 0.837. The number of benzene rings is 1. The Balaban J connectivity index is 2.88. The Hall–Kier alpha value is -2.18. The molecule has 0 fully saturated rings. The summed E-state index contributed by atoms with van der Waals surface area (Å²) in [5.41, 5.74) is -0.367. The number of aromatic hydroxyl groups is 1. The van der Waals surface area contributed by atoms with Crippen molar-refractivity contribution in [3.05, 3.63) is 22.2 Å². The number of hydrogen-bond donors (Lipinski definition) is 1. The minimum atomic E-state index is -0.734. The molecule has 0 bridgehead atoms. The fraction of sp³-hybridized carbons (Fsp3) is 0. The molecule has 0 radical (unpaired) electrons. The van der Waals surface area contributed by atoms with Crippen molar-refractivity contribution in [2.75, 3.05) is 0 Å². The lowest BCUT2D eigenvalue weighted by Gasteiger charge is -1.93. The molecule has 13 heavy (non-hydrogen) atoms. The van der Waals surface area contributed by atoms with E-state index < -0.39 is 16.4 Å². The van der Waals surface area contributed by atoms with Gasteiger partial charge in [-0.05, 0) is 12.1 Å². The van der Waals surface area contributed by atoms with Crippen LogP contribution in [0.25, 0.3) is 11.1 Å². The molecule has 0 saturated carbocycles. The molecule has 1 heterocycles. The van der Waals surface area contributed by atoms with Gasteiger partial charge in [0.05, 0.1) is 4.92 Å². The summed E-state index contributed by atoms with van der Waals surface area (Å²) in [5, 5.41) is 26.1. The van der Waals surface area contributed by atoms with Crippen molar-refractivity contribution in [3.63, 3.8) is 0 Å². The van der Waals surface area contributed by atoms with Crippen LogP contribution in [0.5, 0.6) is 5.75 Å². The van der Waals surface area contributed by atoms with E-state index in [4.69, 9.17) is 5.11 Å². The Labute approximate surface area is 70.7 Å². The topological polar surface area (TPSA) is 102 Å². The largest absolute Gasteiger partial charge is 0.502 e. The second-order valence-corrected chi connectivity index (χ2v) is 2.31. The van der Waals surface area contributed by atoms with Gasteiger partial charge < -0.3 is 9.63 Å². The maximum Gasteiger partial charge on any atom is 0.342 e. The highest BCUT2D eigenvalue weighted by atomic mass is 16.6. The van der Waals surface area contributed by atoms with E-state index >= 15 is 0 Å². The van der Waals surface area contributed by atoms with Crippen molar-refractivity contribution in [1.82, 2.24) is 10.4 Å². The number of fused-ring (bicyclic) bond motifs is 1. The molecule has 7 nitrogen and oxygen atoms in total. The van der Waals surface area contributed by atoms with E-state index in [1.54, 1.807) is 0 Å². The number of nitro groups is 1. The second-order valence-electron chi connectivity index (χ2n) is 2.31. The average molecular weight is 181 g/mol. The number of rotatable bonds is 1. The molecule has 0 aliphatic rings. The first-order chi connectivity index (χ1) is 6.20. The van der Waals surface area contributed by atoms with Gasteiger partial charge in [0, 0.05) is 5.27 Å². The quantitative estimate of drug-likeness (QED) is 0.516. The normalized spacial score (nSPS) is 10.5. The van der Waals surface area contributed by atoms with Gasteiger partial charge >= 0.3 is 5.69 Å². The first-order valence-corrected chi connectivity index (χ1v) is 3.28. The van der Waals surface area contributed by atoms with Gasteiger partial charge in [-0.15, -0.1) is 5.10 Å². The van der Waals surface area contributed by atoms with Crippen molar-refractivity contribution < 1.29 is 14.6 Å². The van der Waals surface area contributed by atoms with Crippen LogP contribution in [0.15, 0.2) is 16.7 Å². The fourth-order valence-electron chi connectivity index (χ4n) is 1.01. The minimum absolute atomic E-state index is 0.0509. The molecule has 7 heteroatoms. The van der Waals surface area contributed by atoms with Gasteiger partial charge in [0.1, 0.15) is 0 Å². The van der Waals surface area contributed by atoms with Crippen molar-refractivity contribution in [3.8, 4) is 5.75 Å². The Morgan fingerprint density at radius 3 is 3.00 bits per heavy atom. The molecule has 1 N–H and O–H groups in total. The van der Waals surface area contributed by atoms with E-state index in [0.29, 0.717) is 0 Å². The lowest BCUT2D eigenvalue weighted by atomic mass is 10.2. The van der Waals surface area contributed by atoms with Gasteiger partial charge in [-0.1, -0.05) is 0 Å². The molecule has 0 atom stereocenters. The summed E-state index contributed by atoms with van der Waals surface area (Å²) in [4.78, 5) is 9.74. The van der Waals surface area contributed by atoms with Crippen LogP contribution in [0.4, 0.5) is 5.69 Å². The molecular formula is C6H3N3O4. The standard InChI is InChI=1S/C6H3N3O4/c10-3-1-2-4-5(7-8-13-4)6(3)9(11)12/h1-2,10H. The molecule has 0 aliphatic carbocycles. The Morgan fingerprint density at radius 1 is 1.54 bits per heavy atom. The van der Waals surface area contributed by atoms with Gasteiger partial charge in [-0.3, -0.25) is 10.1 Å². The number of hydrogen-bond acceptors (Lipinski definition) is 6. The molecule has 1 aromatic heterocycles. The fourth-order valence-corrected chi connectivity index (χ4v) is 1.01. The molecule has 0 saturated heterocycles. The third-order valence-corrected chi connectivity index (χ3v) is 1.56. The van der Waals surface area contributed by atoms with Crippen molar-refractivity contribution >= 4 is 16.8 Å². The molecule has 2 rings (SSSR count). The van der Waals surface area contributed by atoms with E-state index in [2.05, 4.69) is 14.9 Å². The minimum Gasteiger partial charge on any atom is -0.502 e. The van der Waals surface area contributed by atoms with E-state index in [-0.39, 0.29) is 11.1 Å². The summed E-state index contributed by atoms with van der Waals surface area (Å²) in [6, 6.07) is 2.52. The summed E-state index contributed by atoms with van der Waals surface area (Å²) >= 11 is 0. The van der Waals surface area contributed by atoms with E-state index in [0.717, 1.165) is 6.07 Å². The average Bonchev–Trinajstić information content (AvgIpc) is 2.50. The first kappa shape index (κ1) is 7.47. The summed E-state index contributed by atoms with van der Waals surface area (Å²) in [5.74, 6) is -0.451. The van der Waals surface area contributed by atoms with Crippen molar-refractivity contribution in [1.29, 1.82) is 0 Å². The highest BCUT2D eigenvalue weighted by Crippen LogP contribution is 2.32. The highest BCUT2D eigenvalue weighted by molar-refractivity contribution is 5.85.